The number of benzene rings is 1. The average Bonchev–Trinajstić information content (AvgIpc) is 2.42. The van der Waals surface area contributed by atoms with Crippen molar-refractivity contribution in [2.24, 2.45) is 4.99 Å². The molecule has 0 amide bonds. The molecule has 0 saturated carbocycles. The van der Waals surface area contributed by atoms with Crippen LogP contribution in [0.25, 0.3) is 10.2 Å². The van der Waals surface area contributed by atoms with Crippen molar-refractivity contribution in [1.82, 2.24) is 4.98 Å². The van der Waals surface area contributed by atoms with E-state index in [1.54, 1.807) is 11.3 Å². The third kappa shape index (κ3) is 1.99. The Morgan fingerprint density at radius 1 is 1.64 bits per heavy atom. The molecule has 0 bridgehead atoms. The molecule has 0 spiro atoms. The molecule has 1 heterocycles. The van der Waals surface area contributed by atoms with Gasteiger partial charge in [0.1, 0.15) is 0 Å². The minimum atomic E-state index is 0. The predicted molar refractivity (Wildman–Crippen MR) is 56.8 cm³/mol. The summed E-state index contributed by atoms with van der Waals surface area (Å²) in [5, 5.41) is 1.01. The Kier molecular flexibility index (Phi) is 3.67. The normalized spacial score (nSPS) is 9.79. The number of hydrogen-bond donors (Lipinski definition) is 1. The van der Waals surface area contributed by atoms with Crippen molar-refractivity contribution < 1.29 is 29.9 Å². The summed E-state index contributed by atoms with van der Waals surface area (Å²) in [5.41, 5.74) is 7.68. The largest absolute Gasteiger partial charge is 0.418 e. The molecule has 0 atom stereocenters. The fourth-order valence-electron chi connectivity index (χ4n) is 1.15. The van der Waals surface area contributed by atoms with Crippen LogP contribution in [0.15, 0.2) is 11.1 Å². The molecule has 0 fully saturated rings. The van der Waals surface area contributed by atoms with Gasteiger partial charge in [0.25, 0.3) is 0 Å². The van der Waals surface area contributed by atoms with E-state index < -0.39 is 0 Å². The molecular weight excluding hydrogens is 419 g/mol. The van der Waals surface area contributed by atoms with Crippen LogP contribution in [0.2, 0.25) is 0 Å². The molecule has 0 saturated heterocycles. The number of nitrogen functional groups attached to an aromatic ring is 1. The Hall–Kier alpha value is -0.407. The van der Waals surface area contributed by atoms with Crippen LogP contribution in [0.5, 0.6) is 0 Å². The third-order valence-corrected chi connectivity index (χ3v) is 2.65. The number of hydrogen-bond acceptors (Lipinski definition) is 4. The Bertz CT molecular complexity index is 478. The number of aliphatic imine (C=N–C) groups is 1. The monoisotopic (exact) mass is 426 g/mol. The fourth-order valence-corrected chi connectivity index (χ4v) is 1.97. The summed E-state index contributed by atoms with van der Waals surface area (Å²) in [5.74, 6) is 0. The summed E-state index contributed by atoms with van der Waals surface area (Å²) < 4.78 is 1.05. The molecule has 14 heavy (non-hydrogen) atoms. The second kappa shape index (κ2) is 4.41. The van der Waals surface area contributed by atoms with Crippen LogP contribution in [-0.2, 0) is 0 Å². The van der Waals surface area contributed by atoms with Gasteiger partial charge in [0, 0.05) is 29.9 Å². The number of nitrogens with two attached hydrogens (primary N) is 1. The Morgan fingerprint density at radius 2 is 2.36 bits per heavy atom. The van der Waals surface area contributed by atoms with Crippen LogP contribution in [0.1, 0.15) is 5.01 Å². The standard InChI is InChI=1S/C9H8N3S.Np/c1-5-12-8-3-6(10)7(11-2)4-9(8)13-5;/h4H,2,10H2,1H3;/q-1;. The third-order valence-electron chi connectivity index (χ3n) is 1.73. The molecule has 2 rings (SSSR count). The molecule has 71 valence electrons. The molecule has 0 aliphatic carbocycles. The SMILES string of the molecule is C=Nc1cc2sc(C)nc2[c-]c1N.[Np]. The van der Waals surface area contributed by atoms with E-state index in [-0.39, 0.29) is 29.9 Å². The van der Waals surface area contributed by atoms with E-state index in [1.165, 1.54) is 0 Å². The van der Waals surface area contributed by atoms with Crippen molar-refractivity contribution in [3.8, 4) is 0 Å². The topological polar surface area (TPSA) is 51.3 Å². The Balaban J connectivity index is 0.000000980. The maximum atomic E-state index is 5.68. The Morgan fingerprint density at radius 3 is 3.00 bits per heavy atom. The van der Waals surface area contributed by atoms with Crippen LogP contribution in [-0.4, -0.2) is 11.7 Å². The van der Waals surface area contributed by atoms with E-state index in [2.05, 4.69) is 22.8 Å². The van der Waals surface area contributed by atoms with E-state index in [0.717, 1.165) is 15.2 Å². The maximum absolute atomic E-state index is 5.68. The molecule has 1 radical (unpaired) electrons. The number of anilines is 1. The van der Waals surface area contributed by atoms with E-state index in [1.807, 2.05) is 13.0 Å². The van der Waals surface area contributed by atoms with Crippen molar-refractivity contribution >= 4 is 39.6 Å². The molecule has 0 aliphatic rings. The minimum Gasteiger partial charge on any atom is -0.418 e. The van der Waals surface area contributed by atoms with Gasteiger partial charge in [-0.1, -0.05) is 10.4 Å². The number of fused-ring (bicyclic) bond motifs is 1. The number of nitrogens with zero attached hydrogens (tertiary/aromatic N) is 2. The van der Waals surface area contributed by atoms with Gasteiger partial charge in [-0.2, -0.15) is 11.3 Å². The Labute approximate surface area is 109 Å². The second-order valence-electron chi connectivity index (χ2n) is 2.67. The summed E-state index contributed by atoms with van der Waals surface area (Å²) in [6.45, 7) is 5.39. The van der Waals surface area contributed by atoms with Crippen molar-refractivity contribution in [3.63, 3.8) is 0 Å². The van der Waals surface area contributed by atoms with E-state index in [9.17, 15) is 0 Å². The first-order chi connectivity index (χ1) is 6.20. The summed E-state index contributed by atoms with van der Waals surface area (Å²) in [6, 6.07) is 4.86. The number of aromatic nitrogens is 1. The van der Waals surface area contributed by atoms with Crippen LogP contribution < -0.4 is 5.73 Å². The first-order valence-corrected chi connectivity index (χ1v) is 4.58. The fraction of sp³-hybridized carbons (Fsp3) is 0.111. The van der Waals surface area contributed by atoms with Crippen molar-refractivity contribution in [2.75, 3.05) is 5.73 Å². The number of thiazole rings is 1. The summed E-state index contributed by atoms with van der Waals surface area (Å²) in [6.07, 6.45) is 0. The smallest absolute Gasteiger partial charge is 0.0761 e. The van der Waals surface area contributed by atoms with Crippen molar-refractivity contribution in [1.29, 1.82) is 0 Å². The molecule has 0 unspecified atom stereocenters. The van der Waals surface area contributed by atoms with Gasteiger partial charge >= 0.3 is 0 Å². The molecule has 3 nitrogen and oxygen atoms in total. The van der Waals surface area contributed by atoms with Crippen LogP contribution >= 0.6 is 11.3 Å². The molecule has 2 aromatic rings. The first-order valence-electron chi connectivity index (χ1n) is 3.76. The van der Waals surface area contributed by atoms with Gasteiger partial charge < -0.3 is 10.7 Å². The molecule has 1 aromatic carbocycles. The van der Waals surface area contributed by atoms with Crippen LogP contribution in [0, 0.1) is 42.9 Å². The zero-order valence-electron chi connectivity index (χ0n) is 7.61. The molecule has 2 N–H and O–H groups in total. The van der Waals surface area contributed by atoms with Crippen molar-refractivity contribution in [2.45, 2.75) is 6.92 Å². The quantitative estimate of drug-likeness (QED) is 0.432. The van der Waals surface area contributed by atoms with Gasteiger partial charge in [0.15, 0.2) is 0 Å². The molecule has 5 heteroatoms. The summed E-state index contributed by atoms with van der Waals surface area (Å²) in [7, 11) is 0. The first kappa shape index (κ1) is 11.7. The minimum absolute atomic E-state index is 0. The van der Waals surface area contributed by atoms with Crippen LogP contribution in [0.3, 0.4) is 0 Å². The maximum Gasteiger partial charge on any atom is 0.0761 e. The van der Waals surface area contributed by atoms with Gasteiger partial charge in [-0.25, -0.2) is 0 Å². The predicted octanol–water partition coefficient (Wildman–Crippen LogP) is 2.32. The summed E-state index contributed by atoms with van der Waals surface area (Å²) in [4.78, 5) is 8.07. The molecule has 1 aromatic heterocycles. The number of aryl methyl sites for hydroxylation is 1. The zero-order valence-corrected chi connectivity index (χ0v) is 12.2. The van der Waals surface area contributed by atoms with Gasteiger partial charge in [-0.3, -0.25) is 4.98 Å². The van der Waals surface area contributed by atoms with E-state index >= 15 is 0 Å². The van der Waals surface area contributed by atoms with Gasteiger partial charge in [0.05, 0.1) is 5.01 Å². The van der Waals surface area contributed by atoms with E-state index in [4.69, 9.17) is 5.73 Å². The number of rotatable bonds is 1. The van der Waals surface area contributed by atoms with Gasteiger partial charge in [-0.15, -0.1) is 12.1 Å². The zero-order chi connectivity index (χ0) is 9.42. The molecular formula is C9H8N3NpS-. The second-order valence-corrected chi connectivity index (χ2v) is 3.91. The summed E-state index contributed by atoms with van der Waals surface area (Å²) >= 11 is 1.60. The van der Waals surface area contributed by atoms with Gasteiger partial charge in [0.2, 0.25) is 0 Å². The average molecular weight is 427 g/mol. The van der Waals surface area contributed by atoms with Crippen molar-refractivity contribution in [3.05, 3.63) is 17.1 Å². The molecule has 0 aliphatic heterocycles. The van der Waals surface area contributed by atoms with Gasteiger partial charge in [-0.05, 0) is 24.8 Å². The van der Waals surface area contributed by atoms with Crippen LogP contribution in [0.4, 0.5) is 11.4 Å². The van der Waals surface area contributed by atoms with E-state index in [0.29, 0.717) is 11.4 Å².